The van der Waals surface area contributed by atoms with Crippen LogP contribution in [0.4, 0.5) is 0 Å². The van der Waals surface area contributed by atoms with E-state index in [1.807, 2.05) is 0 Å². The van der Waals surface area contributed by atoms with Crippen molar-refractivity contribution in [1.29, 1.82) is 0 Å². The summed E-state index contributed by atoms with van der Waals surface area (Å²) in [6, 6.07) is 1.14. The molecule has 2 saturated carbocycles. The second-order valence-electron chi connectivity index (χ2n) is 7.79. The Hall–Kier alpha value is -0.0800. The number of likely N-dealkylation sites (tertiary alicyclic amines) is 1. The first kappa shape index (κ1) is 14.8. The highest BCUT2D eigenvalue weighted by molar-refractivity contribution is 4.93. The van der Waals surface area contributed by atoms with Crippen molar-refractivity contribution in [1.82, 2.24) is 4.90 Å². The molecule has 116 valence electrons. The highest BCUT2D eigenvalue weighted by Gasteiger charge is 2.37. The minimum absolute atomic E-state index is 0.447. The largest absolute Gasteiger partial charge is 0.326 e. The van der Waals surface area contributed by atoms with Gasteiger partial charge in [-0.25, -0.2) is 0 Å². The van der Waals surface area contributed by atoms with Crippen LogP contribution in [-0.2, 0) is 0 Å². The van der Waals surface area contributed by atoms with Gasteiger partial charge in [0.25, 0.3) is 0 Å². The van der Waals surface area contributed by atoms with Gasteiger partial charge in [0.05, 0.1) is 0 Å². The van der Waals surface area contributed by atoms with E-state index in [1.54, 1.807) is 0 Å². The summed E-state index contributed by atoms with van der Waals surface area (Å²) in [6.45, 7) is 5.03. The maximum atomic E-state index is 6.49. The minimum Gasteiger partial charge on any atom is -0.326 e. The van der Waals surface area contributed by atoms with E-state index in [-0.39, 0.29) is 0 Å². The normalized spacial score (nSPS) is 43.2. The summed E-state index contributed by atoms with van der Waals surface area (Å²) in [7, 11) is 0. The molecule has 0 bridgehead atoms. The van der Waals surface area contributed by atoms with Crippen molar-refractivity contribution in [2.24, 2.45) is 23.5 Å². The van der Waals surface area contributed by atoms with Gasteiger partial charge in [0.15, 0.2) is 0 Å². The predicted octanol–water partition coefficient (Wildman–Crippen LogP) is 3.79. The summed E-state index contributed by atoms with van der Waals surface area (Å²) < 4.78 is 0. The van der Waals surface area contributed by atoms with Crippen molar-refractivity contribution in [3.63, 3.8) is 0 Å². The molecule has 0 radical (unpaired) electrons. The van der Waals surface area contributed by atoms with Crippen LogP contribution in [-0.4, -0.2) is 30.1 Å². The van der Waals surface area contributed by atoms with E-state index in [4.69, 9.17) is 5.73 Å². The molecule has 0 aromatic rings. The lowest BCUT2D eigenvalue weighted by molar-refractivity contribution is 0.0263. The van der Waals surface area contributed by atoms with Crippen LogP contribution < -0.4 is 5.73 Å². The molecule has 2 heteroatoms. The molecular formula is C18H34N2. The zero-order valence-electron chi connectivity index (χ0n) is 13.4. The molecule has 0 aromatic heterocycles. The number of hydrogen-bond donors (Lipinski definition) is 1. The van der Waals surface area contributed by atoms with Crippen molar-refractivity contribution in [2.45, 2.75) is 83.2 Å². The molecule has 0 amide bonds. The predicted molar refractivity (Wildman–Crippen MR) is 85.7 cm³/mol. The lowest BCUT2D eigenvalue weighted by Gasteiger charge is -2.48. The molecule has 2 nitrogen and oxygen atoms in total. The molecule has 3 rings (SSSR count). The zero-order chi connectivity index (χ0) is 13.9. The first-order valence-electron chi connectivity index (χ1n) is 9.27. The van der Waals surface area contributed by atoms with Gasteiger partial charge in [-0.1, -0.05) is 39.0 Å². The third-order valence-corrected chi connectivity index (χ3v) is 6.47. The van der Waals surface area contributed by atoms with Crippen LogP contribution in [0.3, 0.4) is 0 Å². The maximum Gasteiger partial charge on any atom is 0.0249 e. The topological polar surface area (TPSA) is 29.3 Å². The number of rotatable bonds is 3. The Kier molecular flexibility index (Phi) is 5.04. The summed E-state index contributed by atoms with van der Waals surface area (Å²) >= 11 is 0. The molecular weight excluding hydrogens is 244 g/mol. The van der Waals surface area contributed by atoms with Crippen LogP contribution in [0.15, 0.2) is 0 Å². The number of nitrogens with two attached hydrogens (primary N) is 1. The van der Waals surface area contributed by atoms with Crippen molar-refractivity contribution in [3.05, 3.63) is 0 Å². The Bertz CT molecular complexity index is 304. The Morgan fingerprint density at radius 2 is 1.80 bits per heavy atom. The number of hydrogen-bond acceptors (Lipinski definition) is 2. The third-order valence-electron chi connectivity index (χ3n) is 6.47. The highest BCUT2D eigenvalue weighted by atomic mass is 15.2. The van der Waals surface area contributed by atoms with Gasteiger partial charge in [0.2, 0.25) is 0 Å². The lowest BCUT2D eigenvalue weighted by Crippen LogP contribution is -2.55. The molecule has 0 aromatic carbocycles. The van der Waals surface area contributed by atoms with Gasteiger partial charge in [0, 0.05) is 18.6 Å². The van der Waals surface area contributed by atoms with Crippen molar-refractivity contribution < 1.29 is 0 Å². The summed E-state index contributed by atoms with van der Waals surface area (Å²) in [5.41, 5.74) is 6.49. The van der Waals surface area contributed by atoms with Gasteiger partial charge >= 0.3 is 0 Å². The van der Waals surface area contributed by atoms with Crippen molar-refractivity contribution in [2.75, 3.05) is 13.1 Å². The molecule has 3 fully saturated rings. The Morgan fingerprint density at radius 3 is 2.60 bits per heavy atom. The SMILES string of the molecule is CCCC1CCC(N)C(N2CCC3CCCCC3C2)C1. The van der Waals surface area contributed by atoms with Crippen LogP contribution >= 0.6 is 0 Å². The lowest BCUT2D eigenvalue weighted by atomic mass is 9.73. The van der Waals surface area contributed by atoms with Gasteiger partial charge in [-0.05, 0) is 56.4 Å². The first-order valence-corrected chi connectivity index (χ1v) is 9.27. The molecule has 0 spiro atoms. The summed E-state index contributed by atoms with van der Waals surface area (Å²) in [5, 5.41) is 0. The second kappa shape index (κ2) is 6.79. The molecule has 1 heterocycles. The fourth-order valence-electron chi connectivity index (χ4n) is 5.28. The number of nitrogens with zero attached hydrogens (tertiary/aromatic N) is 1. The molecule has 5 unspecified atom stereocenters. The van der Waals surface area contributed by atoms with Crippen LogP contribution in [0.25, 0.3) is 0 Å². The smallest absolute Gasteiger partial charge is 0.0249 e. The number of fused-ring (bicyclic) bond motifs is 1. The fraction of sp³-hybridized carbons (Fsp3) is 1.00. The van der Waals surface area contributed by atoms with Crippen LogP contribution in [0.1, 0.15) is 71.1 Å². The average Bonchev–Trinajstić information content (AvgIpc) is 2.49. The monoisotopic (exact) mass is 278 g/mol. The van der Waals surface area contributed by atoms with E-state index in [0.717, 1.165) is 17.8 Å². The van der Waals surface area contributed by atoms with Gasteiger partial charge in [-0.15, -0.1) is 0 Å². The quantitative estimate of drug-likeness (QED) is 0.851. The Morgan fingerprint density at radius 1 is 1.00 bits per heavy atom. The molecule has 5 atom stereocenters. The summed E-state index contributed by atoms with van der Waals surface area (Å²) in [5.74, 6) is 3.00. The third kappa shape index (κ3) is 3.22. The molecule has 2 aliphatic carbocycles. The molecule has 1 saturated heterocycles. The van der Waals surface area contributed by atoms with Crippen LogP contribution in [0.5, 0.6) is 0 Å². The summed E-state index contributed by atoms with van der Waals surface area (Å²) in [6.07, 6.45) is 14.2. The fourth-order valence-corrected chi connectivity index (χ4v) is 5.28. The minimum atomic E-state index is 0.447. The summed E-state index contributed by atoms with van der Waals surface area (Å²) in [4.78, 5) is 2.80. The zero-order valence-corrected chi connectivity index (χ0v) is 13.4. The standard InChI is InChI=1S/C18H34N2/c1-2-5-14-8-9-17(19)18(12-14)20-11-10-15-6-3-4-7-16(15)13-20/h14-18H,2-13,19H2,1H3. The van der Waals surface area contributed by atoms with E-state index in [9.17, 15) is 0 Å². The number of piperidine rings is 1. The molecule has 20 heavy (non-hydrogen) atoms. The van der Waals surface area contributed by atoms with Crippen molar-refractivity contribution >= 4 is 0 Å². The second-order valence-corrected chi connectivity index (χ2v) is 7.79. The highest BCUT2D eigenvalue weighted by Crippen LogP contribution is 2.39. The van der Waals surface area contributed by atoms with E-state index < -0.39 is 0 Å². The van der Waals surface area contributed by atoms with Gasteiger partial charge in [-0.2, -0.15) is 0 Å². The van der Waals surface area contributed by atoms with E-state index in [0.29, 0.717) is 12.1 Å². The Balaban J connectivity index is 1.59. The van der Waals surface area contributed by atoms with Crippen molar-refractivity contribution in [3.8, 4) is 0 Å². The first-order chi connectivity index (χ1) is 9.78. The molecule has 3 aliphatic rings. The van der Waals surface area contributed by atoms with E-state index >= 15 is 0 Å². The molecule has 2 N–H and O–H groups in total. The molecule has 1 aliphatic heterocycles. The Labute approximate surface area is 125 Å². The van der Waals surface area contributed by atoms with Gasteiger partial charge < -0.3 is 5.73 Å². The van der Waals surface area contributed by atoms with E-state index in [2.05, 4.69) is 11.8 Å². The van der Waals surface area contributed by atoms with Crippen LogP contribution in [0.2, 0.25) is 0 Å². The maximum absolute atomic E-state index is 6.49. The average molecular weight is 278 g/mol. The van der Waals surface area contributed by atoms with Gasteiger partial charge in [-0.3, -0.25) is 4.90 Å². The van der Waals surface area contributed by atoms with Gasteiger partial charge in [0.1, 0.15) is 0 Å². The van der Waals surface area contributed by atoms with Crippen LogP contribution in [0, 0.1) is 17.8 Å². The van der Waals surface area contributed by atoms with E-state index in [1.165, 1.54) is 77.3 Å².